The van der Waals surface area contributed by atoms with Gasteiger partial charge in [-0.1, -0.05) is 20.8 Å². The molecule has 0 aromatic rings. The Labute approximate surface area is 66.7 Å². The van der Waals surface area contributed by atoms with Gasteiger partial charge in [-0.25, -0.2) is 0 Å². The van der Waals surface area contributed by atoms with E-state index in [1.165, 1.54) is 0 Å². The molecule has 3 heteroatoms. The number of rotatable bonds is 4. The lowest BCUT2D eigenvalue weighted by atomic mass is 10.2. The summed E-state index contributed by atoms with van der Waals surface area (Å²) in [4.78, 5) is 20.9. The highest BCUT2D eigenvalue weighted by Gasteiger charge is 2.09. The van der Waals surface area contributed by atoms with Crippen LogP contribution in [0, 0.1) is 11.8 Å². The van der Waals surface area contributed by atoms with E-state index in [9.17, 15) is 9.59 Å². The quantitative estimate of drug-likeness (QED) is 0.453. The van der Waals surface area contributed by atoms with Gasteiger partial charge in [-0.2, -0.15) is 0 Å². The number of ether oxygens (including phenoxy) is 1. The van der Waals surface area contributed by atoms with Crippen molar-refractivity contribution in [3.05, 3.63) is 0 Å². The number of carbonyl (C=O) groups excluding carboxylic acids is 2. The second kappa shape index (κ2) is 4.88. The fourth-order valence-electron chi connectivity index (χ4n) is 0.420. The Morgan fingerprint density at radius 1 is 1.45 bits per heavy atom. The number of hydrogen-bond acceptors (Lipinski definition) is 3. The topological polar surface area (TPSA) is 43.4 Å². The Kier molecular flexibility index (Phi) is 4.50. The first-order valence-corrected chi connectivity index (χ1v) is 3.69. The van der Waals surface area contributed by atoms with Crippen LogP contribution in [0.1, 0.15) is 20.8 Å². The summed E-state index contributed by atoms with van der Waals surface area (Å²) in [6.45, 7) is 5.42. The molecule has 0 bridgehead atoms. The summed E-state index contributed by atoms with van der Waals surface area (Å²) in [5.41, 5.74) is 0. The van der Waals surface area contributed by atoms with Gasteiger partial charge < -0.3 is 9.53 Å². The van der Waals surface area contributed by atoms with Crippen LogP contribution in [0.15, 0.2) is 0 Å². The maximum absolute atomic E-state index is 10.8. The van der Waals surface area contributed by atoms with Crippen LogP contribution in [0.3, 0.4) is 0 Å². The van der Waals surface area contributed by atoms with Crippen molar-refractivity contribution >= 4 is 12.3 Å². The number of carbonyl (C=O) groups is 2. The smallest absolute Gasteiger partial charge is 0.308 e. The molecular formula is C8H14O3. The molecule has 0 saturated carbocycles. The molecule has 0 fully saturated rings. The first kappa shape index (κ1) is 10.1. The molecule has 0 aliphatic carbocycles. The van der Waals surface area contributed by atoms with E-state index in [1.54, 1.807) is 20.8 Å². The van der Waals surface area contributed by atoms with E-state index in [2.05, 4.69) is 0 Å². The predicted octanol–water partition coefficient (Wildman–Crippen LogP) is 1.02. The Bertz CT molecular complexity index is 140. The highest BCUT2D eigenvalue weighted by molar-refractivity contribution is 5.71. The molecule has 0 aromatic carbocycles. The van der Waals surface area contributed by atoms with Gasteiger partial charge in [-0.15, -0.1) is 0 Å². The van der Waals surface area contributed by atoms with Gasteiger partial charge in [-0.05, 0) is 0 Å². The molecule has 0 amide bonds. The lowest BCUT2D eigenvalue weighted by molar-refractivity contribution is -0.148. The van der Waals surface area contributed by atoms with Crippen LogP contribution < -0.4 is 0 Å². The van der Waals surface area contributed by atoms with Gasteiger partial charge in [-0.3, -0.25) is 4.79 Å². The summed E-state index contributed by atoms with van der Waals surface area (Å²) < 4.78 is 4.79. The highest BCUT2D eigenvalue weighted by atomic mass is 16.5. The maximum Gasteiger partial charge on any atom is 0.308 e. The van der Waals surface area contributed by atoms with E-state index in [0.29, 0.717) is 0 Å². The maximum atomic E-state index is 10.8. The largest absolute Gasteiger partial charge is 0.465 e. The van der Waals surface area contributed by atoms with Gasteiger partial charge in [0, 0.05) is 5.92 Å². The van der Waals surface area contributed by atoms with Gasteiger partial charge >= 0.3 is 5.97 Å². The predicted molar refractivity (Wildman–Crippen MR) is 41.0 cm³/mol. The Morgan fingerprint density at radius 3 is 2.36 bits per heavy atom. The van der Waals surface area contributed by atoms with Crippen LogP contribution in [0.4, 0.5) is 0 Å². The number of esters is 1. The van der Waals surface area contributed by atoms with Crippen molar-refractivity contribution in [1.29, 1.82) is 0 Å². The van der Waals surface area contributed by atoms with Crippen LogP contribution in [0.25, 0.3) is 0 Å². The molecule has 0 aliphatic rings. The SMILES string of the molecule is CC(C=O)COC(=O)C(C)C. The molecule has 1 unspecified atom stereocenters. The van der Waals surface area contributed by atoms with E-state index < -0.39 is 0 Å². The van der Waals surface area contributed by atoms with Gasteiger partial charge in [0.15, 0.2) is 0 Å². The molecule has 0 aromatic heterocycles. The lowest BCUT2D eigenvalue weighted by Crippen LogP contribution is -2.16. The first-order valence-electron chi connectivity index (χ1n) is 3.69. The standard InChI is InChI=1S/C8H14O3/c1-6(2)8(10)11-5-7(3)4-9/h4,6-7H,5H2,1-3H3. The lowest BCUT2D eigenvalue weighted by Gasteiger charge is -2.07. The summed E-state index contributed by atoms with van der Waals surface area (Å²) >= 11 is 0. The van der Waals surface area contributed by atoms with Crippen LogP contribution >= 0.6 is 0 Å². The third kappa shape index (κ3) is 4.53. The molecule has 0 aliphatic heterocycles. The third-order valence-corrected chi connectivity index (χ3v) is 1.19. The molecule has 0 N–H and O–H groups in total. The van der Waals surface area contributed by atoms with Crippen LogP contribution in [-0.2, 0) is 14.3 Å². The molecule has 64 valence electrons. The highest BCUT2D eigenvalue weighted by Crippen LogP contribution is 1.98. The fourth-order valence-corrected chi connectivity index (χ4v) is 0.420. The minimum Gasteiger partial charge on any atom is -0.465 e. The molecule has 3 nitrogen and oxygen atoms in total. The van der Waals surface area contributed by atoms with Crippen LogP contribution in [0.5, 0.6) is 0 Å². The minimum absolute atomic E-state index is 0.117. The van der Waals surface area contributed by atoms with Crippen molar-refractivity contribution in [3.8, 4) is 0 Å². The molecular weight excluding hydrogens is 144 g/mol. The molecule has 0 saturated heterocycles. The van der Waals surface area contributed by atoms with Gasteiger partial charge in [0.1, 0.15) is 12.9 Å². The zero-order valence-corrected chi connectivity index (χ0v) is 7.16. The second-order valence-corrected chi connectivity index (χ2v) is 2.90. The Balaban J connectivity index is 3.54. The van der Waals surface area contributed by atoms with E-state index in [1.807, 2.05) is 0 Å². The molecule has 0 spiro atoms. The van der Waals surface area contributed by atoms with Crippen LogP contribution in [-0.4, -0.2) is 18.9 Å². The zero-order valence-electron chi connectivity index (χ0n) is 7.16. The summed E-state index contributed by atoms with van der Waals surface area (Å²) in [6.07, 6.45) is 0.771. The normalized spacial score (nSPS) is 12.7. The van der Waals surface area contributed by atoms with Crippen molar-refractivity contribution in [3.63, 3.8) is 0 Å². The zero-order chi connectivity index (χ0) is 8.85. The Morgan fingerprint density at radius 2 is 2.00 bits per heavy atom. The van der Waals surface area contributed by atoms with Crippen molar-refractivity contribution < 1.29 is 14.3 Å². The molecule has 11 heavy (non-hydrogen) atoms. The van der Waals surface area contributed by atoms with Crippen LogP contribution in [0.2, 0.25) is 0 Å². The number of aldehydes is 1. The van der Waals surface area contributed by atoms with E-state index in [4.69, 9.17) is 4.74 Å². The van der Waals surface area contributed by atoms with E-state index in [-0.39, 0.29) is 24.4 Å². The van der Waals surface area contributed by atoms with E-state index in [0.717, 1.165) is 6.29 Å². The fraction of sp³-hybridized carbons (Fsp3) is 0.750. The van der Waals surface area contributed by atoms with Crippen molar-refractivity contribution in [2.45, 2.75) is 20.8 Å². The molecule has 0 radical (unpaired) electrons. The average molecular weight is 158 g/mol. The minimum atomic E-state index is -0.251. The summed E-state index contributed by atoms with van der Waals surface area (Å²) in [6, 6.07) is 0. The van der Waals surface area contributed by atoms with Gasteiger partial charge in [0.2, 0.25) is 0 Å². The van der Waals surface area contributed by atoms with Gasteiger partial charge in [0.05, 0.1) is 5.92 Å². The molecule has 1 atom stereocenters. The number of hydrogen-bond donors (Lipinski definition) is 0. The van der Waals surface area contributed by atoms with Crippen molar-refractivity contribution in [1.82, 2.24) is 0 Å². The monoisotopic (exact) mass is 158 g/mol. The second-order valence-electron chi connectivity index (χ2n) is 2.90. The summed E-state index contributed by atoms with van der Waals surface area (Å²) in [7, 11) is 0. The van der Waals surface area contributed by atoms with Gasteiger partial charge in [0.25, 0.3) is 0 Å². The molecule has 0 rings (SSSR count). The third-order valence-electron chi connectivity index (χ3n) is 1.19. The van der Waals surface area contributed by atoms with Crippen molar-refractivity contribution in [2.24, 2.45) is 11.8 Å². The first-order chi connectivity index (χ1) is 5.07. The van der Waals surface area contributed by atoms with E-state index >= 15 is 0 Å². The summed E-state index contributed by atoms with van der Waals surface area (Å²) in [5.74, 6) is -0.565. The Hall–Kier alpha value is -0.860. The molecule has 0 heterocycles. The van der Waals surface area contributed by atoms with Crippen molar-refractivity contribution in [2.75, 3.05) is 6.61 Å². The summed E-state index contributed by atoms with van der Waals surface area (Å²) in [5, 5.41) is 0. The average Bonchev–Trinajstić information content (AvgIpc) is 1.99.